The zero-order valence-electron chi connectivity index (χ0n) is 7.20. The van der Waals surface area contributed by atoms with Crippen LogP contribution in [0, 0.1) is 0 Å². The SMILES string of the molecule is ClP(Cl)Cl.c1cc[nH]c1.c1cc[nH]c1. The maximum atomic E-state index is 4.87. The average Bonchev–Trinajstić information content (AvgIpc) is 2.83. The van der Waals surface area contributed by atoms with Crippen LogP contribution in [0.3, 0.4) is 0 Å². The highest BCUT2D eigenvalue weighted by molar-refractivity contribution is 8.20. The molecule has 0 aromatic carbocycles. The van der Waals surface area contributed by atoms with Crippen LogP contribution in [0.2, 0.25) is 0 Å². The van der Waals surface area contributed by atoms with Crippen LogP contribution in [-0.2, 0) is 0 Å². The zero-order chi connectivity index (χ0) is 10.6. The minimum atomic E-state index is -1.20. The third-order valence-corrected chi connectivity index (χ3v) is 0.992. The molecule has 0 aliphatic carbocycles. The van der Waals surface area contributed by atoms with Crippen molar-refractivity contribution in [1.82, 2.24) is 9.97 Å². The van der Waals surface area contributed by atoms with Crippen LogP contribution in [0.1, 0.15) is 0 Å². The number of nitrogens with one attached hydrogen (secondary N) is 2. The molecule has 0 atom stereocenters. The third-order valence-electron chi connectivity index (χ3n) is 0.992. The Morgan fingerprint density at radius 1 is 0.643 bits per heavy atom. The van der Waals surface area contributed by atoms with E-state index in [4.69, 9.17) is 33.7 Å². The van der Waals surface area contributed by atoms with Gasteiger partial charge in [0.2, 0.25) is 0 Å². The number of H-pyrrole nitrogens is 2. The summed E-state index contributed by atoms with van der Waals surface area (Å²) in [4.78, 5) is 5.72. The van der Waals surface area contributed by atoms with Crippen LogP contribution in [0.5, 0.6) is 0 Å². The first kappa shape index (κ1) is 13.9. The number of hydrogen-bond donors (Lipinski definition) is 2. The van der Waals surface area contributed by atoms with Crippen molar-refractivity contribution < 1.29 is 0 Å². The lowest BCUT2D eigenvalue weighted by molar-refractivity contribution is 1.41. The van der Waals surface area contributed by atoms with Gasteiger partial charge in [0.05, 0.1) is 0 Å². The summed E-state index contributed by atoms with van der Waals surface area (Å²) in [6.45, 7) is 0. The molecular weight excluding hydrogens is 261 g/mol. The summed E-state index contributed by atoms with van der Waals surface area (Å²) in [5, 5.41) is 0. The van der Waals surface area contributed by atoms with Gasteiger partial charge in [-0.1, -0.05) is 33.7 Å². The van der Waals surface area contributed by atoms with Crippen LogP contribution in [0.4, 0.5) is 0 Å². The van der Waals surface area contributed by atoms with Crippen molar-refractivity contribution in [1.29, 1.82) is 0 Å². The number of halogens is 3. The third kappa shape index (κ3) is 14.4. The van der Waals surface area contributed by atoms with E-state index in [1.165, 1.54) is 0 Å². The Kier molecular flexibility index (Phi) is 10.8. The molecule has 0 fully saturated rings. The summed E-state index contributed by atoms with van der Waals surface area (Å²) < 4.78 is 0. The van der Waals surface area contributed by atoms with Crippen LogP contribution in [-0.4, -0.2) is 9.97 Å². The lowest BCUT2D eigenvalue weighted by Gasteiger charge is -1.68. The van der Waals surface area contributed by atoms with Crippen molar-refractivity contribution in [2.75, 3.05) is 0 Å². The molecule has 0 radical (unpaired) electrons. The molecule has 0 aliphatic heterocycles. The highest BCUT2D eigenvalue weighted by Crippen LogP contribution is 2.51. The van der Waals surface area contributed by atoms with Gasteiger partial charge in [-0.05, 0) is 24.3 Å². The van der Waals surface area contributed by atoms with Gasteiger partial charge >= 0.3 is 0 Å². The predicted molar refractivity (Wildman–Crippen MR) is 66.1 cm³/mol. The van der Waals surface area contributed by atoms with Gasteiger partial charge in [0.25, 0.3) is 0 Å². The lowest BCUT2D eigenvalue weighted by atomic mass is 10.7. The molecule has 2 heterocycles. The molecule has 2 rings (SSSR count). The van der Waals surface area contributed by atoms with Crippen molar-refractivity contribution >= 4 is 39.7 Å². The molecule has 78 valence electrons. The molecule has 0 bridgehead atoms. The Bertz CT molecular complexity index is 194. The fourth-order valence-corrected chi connectivity index (χ4v) is 0.556. The summed E-state index contributed by atoms with van der Waals surface area (Å²) in [5.74, 6) is -1.20. The molecular formula is C8H10Cl3N2P. The molecule has 2 nitrogen and oxygen atoms in total. The van der Waals surface area contributed by atoms with E-state index in [2.05, 4.69) is 9.97 Å². The van der Waals surface area contributed by atoms with Gasteiger partial charge in [0.1, 0.15) is 0 Å². The normalized spacial score (nSPS) is 8.29. The van der Waals surface area contributed by atoms with Gasteiger partial charge in [-0.3, -0.25) is 0 Å². The largest absolute Gasteiger partial charge is 0.368 e. The molecule has 0 spiro atoms. The smallest absolute Gasteiger partial charge is 0.179 e. The highest BCUT2D eigenvalue weighted by Gasteiger charge is 1.80. The van der Waals surface area contributed by atoms with Gasteiger partial charge in [-0.15, -0.1) is 0 Å². The number of rotatable bonds is 0. The second-order valence-corrected chi connectivity index (χ2v) is 6.94. The Labute approximate surface area is 98.7 Å². The Hall–Kier alpha value is -0.140. The first-order valence-corrected chi connectivity index (χ1v) is 7.72. The molecule has 0 saturated heterocycles. The maximum absolute atomic E-state index is 4.87. The first-order valence-electron chi connectivity index (χ1n) is 3.66. The number of hydrogen-bond acceptors (Lipinski definition) is 0. The van der Waals surface area contributed by atoms with Crippen LogP contribution in [0.25, 0.3) is 0 Å². The fraction of sp³-hybridized carbons (Fsp3) is 0. The quantitative estimate of drug-likeness (QED) is 0.635. The number of aromatic nitrogens is 2. The van der Waals surface area contributed by atoms with E-state index in [1.807, 2.05) is 49.1 Å². The van der Waals surface area contributed by atoms with Gasteiger partial charge in [0.15, 0.2) is 5.98 Å². The van der Waals surface area contributed by atoms with E-state index in [0.717, 1.165) is 0 Å². The second-order valence-electron chi connectivity index (χ2n) is 1.96. The van der Waals surface area contributed by atoms with E-state index in [1.54, 1.807) is 0 Å². The first-order chi connectivity index (χ1) is 6.73. The Morgan fingerprint density at radius 2 is 0.857 bits per heavy atom. The fourth-order valence-electron chi connectivity index (χ4n) is 0.556. The van der Waals surface area contributed by atoms with Gasteiger partial charge in [-0.2, -0.15) is 0 Å². The van der Waals surface area contributed by atoms with Gasteiger partial charge in [0, 0.05) is 24.8 Å². The Balaban J connectivity index is 0.000000183. The minimum Gasteiger partial charge on any atom is -0.368 e. The molecule has 2 aromatic heterocycles. The summed E-state index contributed by atoms with van der Waals surface area (Å²) >= 11 is 14.6. The maximum Gasteiger partial charge on any atom is 0.179 e. The summed E-state index contributed by atoms with van der Waals surface area (Å²) in [6, 6.07) is 7.78. The summed E-state index contributed by atoms with van der Waals surface area (Å²) in [6.07, 6.45) is 7.50. The molecule has 0 amide bonds. The van der Waals surface area contributed by atoms with Gasteiger partial charge in [-0.25, -0.2) is 0 Å². The second kappa shape index (κ2) is 10.9. The molecule has 2 N–H and O–H groups in total. The van der Waals surface area contributed by atoms with Crippen molar-refractivity contribution in [3.63, 3.8) is 0 Å². The van der Waals surface area contributed by atoms with E-state index in [0.29, 0.717) is 0 Å². The van der Waals surface area contributed by atoms with Gasteiger partial charge < -0.3 is 9.97 Å². The van der Waals surface area contributed by atoms with E-state index in [9.17, 15) is 0 Å². The van der Waals surface area contributed by atoms with Crippen molar-refractivity contribution in [3.8, 4) is 0 Å². The highest BCUT2D eigenvalue weighted by atomic mass is 36.0. The van der Waals surface area contributed by atoms with E-state index >= 15 is 0 Å². The topological polar surface area (TPSA) is 31.6 Å². The minimum absolute atomic E-state index is 1.20. The zero-order valence-corrected chi connectivity index (χ0v) is 10.4. The lowest BCUT2D eigenvalue weighted by Crippen LogP contribution is -1.38. The van der Waals surface area contributed by atoms with Crippen molar-refractivity contribution in [3.05, 3.63) is 49.1 Å². The predicted octanol–water partition coefficient (Wildman–Crippen LogP) is 4.96. The monoisotopic (exact) mass is 270 g/mol. The van der Waals surface area contributed by atoms with E-state index < -0.39 is 5.98 Å². The molecule has 6 heteroatoms. The molecule has 0 unspecified atom stereocenters. The molecule has 0 aliphatic rings. The molecule has 2 aromatic rings. The van der Waals surface area contributed by atoms with Crippen molar-refractivity contribution in [2.24, 2.45) is 0 Å². The Morgan fingerprint density at radius 3 is 0.929 bits per heavy atom. The van der Waals surface area contributed by atoms with Crippen LogP contribution >= 0.6 is 39.7 Å². The molecule has 0 saturated carbocycles. The standard InChI is InChI=1S/2C4H5N.Cl3P/c2*1-2-4-5-3-1;1-4(2)3/h2*1-5H;. The summed E-state index contributed by atoms with van der Waals surface area (Å²) in [7, 11) is 0. The molecule has 14 heavy (non-hydrogen) atoms. The summed E-state index contributed by atoms with van der Waals surface area (Å²) in [5.41, 5.74) is 0. The van der Waals surface area contributed by atoms with Crippen LogP contribution in [0.15, 0.2) is 49.1 Å². The average molecular weight is 272 g/mol. The van der Waals surface area contributed by atoms with Crippen molar-refractivity contribution in [2.45, 2.75) is 0 Å². The number of aromatic amines is 2. The van der Waals surface area contributed by atoms with E-state index in [-0.39, 0.29) is 0 Å². The van der Waals surface area contributed by atoms with Crippen LogP contribution < -0.4 is 0 Å².